The second-order valence-electron chi connectivity index (χ2n) is 2.33. The van der Waals surface area contributed by atoms with E-state index in [1.165, 1.54) is 6.92 Å². The van der Waals surface area contributed by atoms with Crippen molar-refractivity contribution >= 4 is 5.95 Å². The third kappa shape index (κ3) is 2.05. The summed E-state index contributed by atoms with van der Waals surface area (Å²) in [5.74, 6) is 4.89. The van der Waals surface area contributed by atoms with Crippen molar-refractivity contribution in [1.29, 1.82) is 0 Å². The van der Waals surface area contributed by atoms with Gasteiger partial charge < -0.3 is 0 Å². The predicted octanol–water partition coefficient (Wildman–Crippen LogP) is 1.09. The third-order valence-corrected chi connectivity index (χ3v) is 1.41. The molecule has 3 N–H and O–H groups in total. The fourth-order valence-corrected chi connectivity index (χ4v) is 0.815. The van der Waals surface area contributed by atoms with Gasteiger partial charge in [-0.15, -0.1) is 0 Å². The maximum Gasteiger partial charge on any atom is 0.419 e. The molecule has 0 bridgehead atoms. The van der Waals surface area contributed by atoms with Crippen LogP contribution in [0.15, 0.2) is 6.20 Å². The lowest BCUT2D eigenvalue weighted by atomic mass is 10.2. The van der Waals surface area contributed by atoms with Gasteiger partial charge in [0.1, 0.15) is 0 Å². The first-order chi connectivity index (χ1) is 5.95. The van der Waals surface area contributed by atoms with E-state index < -0.39 is 11.7 Å². The van der Waals surface area contributed by atoms with E-state index in [4.69, 9.17) is 5.84 Å². The number of alkyl halides is 3. The van der Waals surface area contributed by atoms with Crippen LogP contribution in [-0.2, 0) is 6.18 Å². The molecule has 0 unspecified atom stereocenters. The van der Waals surface area contributed by atoms with Gasteiger partial charge in [-0.2, -0.15) is 13.2 Å². The highest BCUT2D eigenvalue weighted by Gasteiger charge is 2.33. The van der Waals surface area contributed by atoms with Crippen LogP contribution in [-0.4, -0.2) is 9.97 Å². The summed E-state index contributed by atoms with van der Waals surface area (Å²) in [5, 5.41) is 0. The van der Waals surface area contributed by atoms with Gasteiger partial charge in [-0.3, -0.25) is 5.43 Å². The minimum absolute atomic E-state index is 0.0366. The molecule has 0 aliphatic rings. The van der Waals surface area contributed by atoms with E-state index >= 15 is 0 Å². The lowest BCUT2D eigenvalue weighted by Crippen LogP contribution is -2.15. The zero-order valence-electron chi connectivity index (χ0n) is 6.68. The largest absolute Gasteiger partial charge is 0.419 e. The number of rotatable bonds is 1. The van der Waals surface area contributed by atoms with E-state index in [0.29, 0.717) is 6.20 Å². The minimum Gasteiger partial charge on any atom is -0.292 e. The molecule has 0 radical (unpaired) electrons. The third-order valence-electron chi connectivity index (χ3n) is 1.41. The molecule has 1 rings (SSSR count). The Balaban J connectivity index is 3.13. The summed E-state index contributed by atoms with van der Waals surface area (Å²) in [4.78, 5) is 6.85. The minimum atomic E-state index is -4.42. The van der Waals surface area contributed by atoms with Crippen molar-refractivity contribution in [2.75, 3.05) is 5.43 Å². The zero-order chi connectivity index (χ0) is 10.1. The van der Waals surface area contributed by atoms with E-state index in [0.717, 1.165) is 0 Å². The Kier molecular flexibility index (Phi) is 2.37. The Hall–Kier alpha value is -1.37. The molecule has 7 heteroatoms. The van der Waals surface area contributed by atoms with Gasteiger partial charge in [0.15, 0.2) is 0 Å². The number of nitrogen functional groups attached to an aromatic ring is 1. The maximum atomic E-state index is 12.2. The van der Waals surface area contributed by atoms with E-state index in [2.05, 4.69) is 15.4 Å². The van der Waals surface area contributed by atoms with Gasteiger partial charge in [0, 0.05) is 6.20 Å². The fraction of sp³-hybridized carbons (Fsp3) is 0.333. The van der Waals surface area contributed by atoms with Crippen LogP contribution in [0.2, 0.25) is 0 Å². The van der Waals surface area contributed by atoms with Crippen molar-refractivity contribution in [3.05, 3.63) is 17.5 Å². The van der Waals surface area contributed by atoms with Crippen molar-refractivity contribution in [3.63, 3.8) is 0 Å². The van der Waals surface area contributed by atoms with Crippen molar-refractivity contribution in [3.8, 4) is 0 Å². The lowest BCUT2D eigenvalue weighted by Gasteiger charge is -2.09. The van der Waals surface area contributed by atoms with Gasteiger partial charge in [-0.05, 0) is 6.92 Å². The Labute approximate surface area is 72.0 Å². The van der Waals surface area contributed by atoms with Gasteiger partial charge in [0.25, 0.3) is 0 Å². The Morgan fingerprint density at radius 3 is 2.46 bits per heavy atom. The van der Waals surface area contributed by atoms with Crippen molar-refractivity contribution in [1.82, 2.24) is 9.97 Å². The summed E-state index contributed by atoms with van der Waals surface area (Å²) in [7, 11) is 0. The molecule has 0 amide bonds. The first-order valence-corrected chi connectivity index (χ1v) is 3.32. The van der Waals surface area contributed by atoms with Crippen LogP contribution in [0.1, 0.15) is 11.3 Å². The highest BCUT2D eigenvalue weighted by molar-refractivity contribution is 5.28. The van der Waals surface area contributed by atoms with Gasteiger partial charge in [0.2, 0.25) is 5.95 Å². The van der Waals surface area contributed by atoms with Crippen LogP contribution in [0.25, 0.3) is 0 Å². The number of aromatic nitrogens is 2. The smallest absolute Gasteiger partial charge is 0.292 e. The molecule has 1 aromatic rings. The second-order valence-corrected chi connectivity index (χ2v) is 2.33. The fourth-order valence-electron chi connectivity index (χ4n) is 0.815. The monoisotopic (exact) mass is 192 g/mol. The van der Waals surface area contributed by atoms with E-state index in [1.54, 1.807) is 0 Å². The first-order valence-electron chi connectivity index (χ1n) is 3.32. The van der Waals surface area contributed by atoms with Gasteiger partial charge in [-0.25, -0.2) is 15.8 Å². The number of hydrogen-bond donors (Lipinski definition) is 2. The van der Waals surface area contributed by atoms with Crippen LogP contribution < -0.4 is 11.3 Å². The van der Waals surface area contributed by atoms with Crippen LogP contribution >= 0.6 is 0 Å². The van der Waals surface area contributed by atoms with Crippen molar-refractivity contribution in [2.45, 2.75) is 13.1 Å². The van der Waals surface area contributed by atoms with Gasteiger partial charge in [0.05, 0.1) is 11.3 Å². The summed E-state index contributed by atoms with van der Waals surface area (Å²) in [5.41, 5.74) is 1.04. The van der Waals surface area contributed by atoms with Crippen LogP contribution in [0, 0.1) is 6.92 Å². The molecule has 4 nitrogen and oxygen atoms in total. The molecule has 72 valence electrons. The summed E-state index contributed by atoms with van der Waals surface area (Å²) in [6.07, 6.45) is -3.73. The lowest BCUT2D eigenvalue weighted by molar-refractivity contribution is -0.138. The standard InChI is InChI=1S/C6H7F3N4/c1-3-4(6(7,8)9)2-11-5(12-3)13-10/h2H,10H2,1H3,(H,11,12,13). The van der Waals surface area contributed by atoms with E-state index in [-0.39, 0.29) is 11.6 Å². The molecular weight excluding hydrogens is 185 g/mol. The summed E-state index contributed by atoms with van der Waals surface area (Å²) >= 11 is 0. The number of hydrogen-bond acceptors (Lipinski definition) is 4. The van der Waals surface area contributed by atoms with E-state index in [1.807, 2.05) is 0 Å². The molecule has 0 spiro atoms. The Bertz CT molecular complexity index is 309. The number of hydrazine groups is 1. The normalized spacial score (nSPS) is 11.5. The number of nitrogens with two attached hydrogens (primary N) is 1. The molecule has 0 fully saturated rings. The predicted molar refractivity (Wildman–Crippen MR) is 39.6 cm³/mol. The van der Waals surface area contributed by atoms with E-state index in [9.17, 15) is 13.2 Å². The summed E-state index contributed by atoms with van der Waals surface area (Å²) < 4.78 is 36.5. The molecule has 0 aliphatic heterocycles. The highest BCUT2D eigenvalue weighted by atomic mass is 19.4. The summed E-state index contributed by atoms with van der Waals surface area (Å²) in [6.45, 7) is 1.24. The molecule has 1 heterocycles. The molecule has 0 aliphatic carbocycles. The number of nitrogens with one attached hydrogen (secondary N) is 1. The maximum absolute atomic E-state index is 12.2. The Morgan fingerprint density at radius 2 is 2.08 bits per heavy atom. The average molecular weight is 192 g/mol. The number of halogens is 3. The van der Waals surface area contributed by atoms with Gasteiger partial charge in [-0.1, -0.05) is 0 Å². The molecule has 0 aromatic carbocycles. The van der Waals surface area contributed by atoms with Crippen LogP contribution in [0.5, 0.6) is 0 Å². The quantitative estimate of drug-likeness (QED) is 0.516. The second kappa shape index (κ2) is 3.17. The van der Waals surface area contributed by atoms with Crippen LogP contribution in [0.4, 0.5) is 19.1 Å². The molecule has 0 saturated heterocycles. The summed E-state index contributed by atoms with van der Waals surface area (Å²) in [6, 6.07) is 0. The number of anilines is 1. The number of aryl methyl sites for hydroxylation is 1. The molecule has 0 saturated carbocycles. The Morgan fingerprint density at radius 1 is 1.46 bits per heavy atom. The SMILES string of the molecule is Cc1nc(NN)ncc1C(F)(F)F. The zero-order valence-corrected chi connectivity index (χ0v) is 6.68. The average Bonchev–Trinajstić information content (AvgIpc) is 2.01. The van der Waals surface area contributed by atoms with Crippen molar-refractivity contribution in [2.24, 2.45) is 5.84 Å². The first kappa shape index (κ1) is 9.72. The molecule has 1 aromatic heterocycles. The topological polar surface area (TPSA) is 63.8 Å². The van der Waals surface area contributed by atoms with Crippen LogP contribution in [0.3, 0.4) is 0 Å². The number of nitrogens with zero attached hydrogens (tertiary/aromatic N) is 2. The van der Waals surface area contributed by atoms with Crippen molar-refractivity contribution < 1.29 is 13.2 Å². The highest BCUT2D eigenvalue weighted by Crippen LogP contribution is 2.30. The molecular formula is C6H7F3N4. The molecule has 13 heavy (non-hydrogen) atoms. The molecule has 0 atom stereocenters. The van der Waals surface area contributed by atoms with Gasteiger partial charge >= 0.3 is 6.18 Å².